The molecule has 6 nitrogen and oxygen atoms in total. The van der Waals surface area contributed by atoms with Gasteiger partial charge in [-0.25, -0.2) is 4.39 Å². The Morgan fingerprint density at radius 1 is 1.28 bits per heavy atom. The van der Waals surface area contributed by atoms with E-state index in [0.717, 1.165) is 11.4 Å². The molecule has 0 saturated heterocycles. The van der Waals surface area contributed by atoms with Gasteiger partial charge in [-0.2, -0.15) is 0 Å². The van der Waals surface area contributed by atoms with Gasteiger partial charge in [-0.05, 0) is 42.5 Å². The Morgan fingerprint density at radius 2 is 2.08 bits per heavy atom. The van der Waals surface area contributed by atoms with Gasteiger partial charge in [-0.3, -0.25) is 9.36 Å². The summed E-state index contributed by atoms with van der Waals surface area (Å²) in [5.74, 6) is 0.232. The van der Waals surface area contributed by atoms with Crippen molar-refractivity contribution in [3.63, 3.8) is 0 Å². The minimum atomic E-state index is -0.398. The van der Waals surface area contributed by atoms with Crippen LogP contribution in [0.4, 0.5) is 10.1 Å². The highest BCUT2D eigenvalue weighted by Crippen LogP contribution is 2.21. The van der Waals surface area contributed by atoms with Crippen LogP contribution in [0, 0.1) is 5.82 Å². The fraction of sp³-hybridized carbons (Fsp3) is 0.118. The molecule has 3 aromatic rings. The number of hydrogen-bond acceptors (Lipinski definition) is 5. The molecule has 0 atom stereocenters. The van der Waals surface area contributed by atoms with E-state index in [9.17, 15) is 9.18 Å². The molecule has 8 heteroatoms. The van der Waals surface area contributed by atoms with Crippen LogP contribution in [0.15, 0.2) is 60.0 Å². The number of benzene rings is 2. The fourth-order valence-corrected chi connectivity index (χ4v) is 2.87. The molecule has 1 aromatic heterocycles. The van der Waals surface area contributed by atoms with Gasteiger partial charge in [0.1, 0.15) is 17.9 Å². The Hall–Kier alpha value is -2.87. The predicted octanol–water partition coefficient (Wildman–Crippen LogP) is 3.15. The number of aromatic nitrogens is 3. The van der Waals surface area contributed by atoms with Gasteiger partial charge in [0.2, 0.25) is 5.91 Å². The minimum absolute atomic E-state index is 0.130. The summed E-state index contributed by atoms with van der Waals surface area (Å²) in [5.41, 5.74) is 1.28. The monoisotopic (exact) mass is 358 g/mol. The van der Waals surface area contributed by atoms with E-state index in [4.69, 9.17) is 4.74 Å². The third-order valence-corrected chi connectivity index (χ3v) is 4.25. The van der Waals surface area contributed by atoms with Gasteiger partial charge < -0.3 is 10.1 Å². The van der Waals surface area contributed by atoms with Crippen molar-refractivity contribution in [3.8, 4) is 11.4 Å². The normalized spacial score (nSPS) is 10.5. The molecule has 0 saturated carbocycles. The molecule has 128 valence electrons. The number of methoxy groups -OCH3 is 1. The molecule has 1 heterocycles. The van der Waals surface area contributed by atoms with Crippen LogP contribution in [0.1, 0.15) is 0 Å². The Balaban J connectivity index is 1.64. The SMILES string of the molecule is COc1ccc(-n2cnnc2SCC(=O)Nc2cccc(F)c2)cc1. The molecular weight excluding hydrogens is 343 g/mol. The van der Waals surface area contributed by atoms with Crippen molar-refractivity contribution in [3.05, 3.63) is 60.7 Å². The summed E-state index contributed by atoms with van der Waals surface area (Å²) in [6.45, 7) is 0. The van der Waals surface area contributed by atoms with E-state index in [2.05, 4.69) is 15.5 Å². The third kappa shape index (κ3) is 4.36. The lowest BCUT2D eigenvalue weighted by Gasteiger charge is -2.08. The van der Waals surface area contributed by atoms with Crippen molar-refractivity contribution < 1.29 is 13.9 Å². The van der Waals surface area contributed by atoms with Crippen molar-refractivity contribution in [2.45, 2.75) is 5.16 Å². The second-order valence-electron chi connectivity index (χ2n) is 5.03. The van der Waals surface area contributed by atoms with Crippen molar-refractivity contribution in [1.82, 2.24) is 14.8 Å². The van der Waals surface area contributed by atoms with Crippen molar-refractivity contribution in [2.75, 3.05) is 18.2 Å². The number of carbonyl (C=O) groups excluding carboxylic acids is 1. The van der Waals surface area contributed by atoms with Crippen molar-refractivity contribution >= 4 is 23.4 Å². The standard InChI is InChI=1S/C17H15FN4O2S/c1-24-15-7-5-14(6-8-15)22-11-19-21-17(22)25-10-16(23)20-13-4-2-3-12(18)9-13/h2-9,11H,10H2,1H3,(H,20,23). The van der Waals surface area contributed by atoms with Gasteiger partial charge in [0.15, 0.2) is 5.16 Å². The lowest BCUT2D eigenvalue weighted by atomic mass is 10.3. The van der Waals surface area contributed by atoms with E-state index >= 15 is 0 Å². The zero-order valence-electron chi connectivity index (χ0n) is 13.3. The smallest absolute Gasteiger partial charge is 0.234 e. The molecule has 0 aliphatic rings. The lowest BCUT2D eigenvalue weighted by molar-refractivity contribution is -0.113. The molecule has 0 aliphatic heterocycles. The van der Waals surface area contributed by atoms with Crippen molar-refractivity contribution in [1.29, 1.82) is 0 Å². The van der Waals surface area contributed by atoms with E-state index < -0.39 is 5.82 Å². The number of amides is 1. The maximum atomic E-state index is 13.1. The van der Waals surface area contributed by atoms with Gasteiger partial charge in [-0.1, -0.05) is 17.8 Å². The summed E-state index contributed by atoms with van der Waals surface area (Å²) < 4.78 is 20.0. The lowest BCUT2D eigenvalue weighted by Crippen LogP contribution is -2.14. The molecule has 0 spiro atoms. The topological polar surface area (TPSA) is 69.0 Å². The number of ether oxygens (including phenoxy) is 1. The van der Waals surface area contributed by atoms with Crippen LogP contribution >= 0.6 is 11.8 Å². The second kappa shape index (κ2) is 7.80. The van der Waals surface area contributed by atoms with E-state index in [1.54, 1.807) is 30.1 Å². The summed E-state index contributed by atoms with van der Waals surface area (Å²) in [5, 5.41) is 11.2. The highest BCUT2D eigenvalue weighted by molar-refractivity contribution is 7.99. The first-order valence-corrected chi connectivity index (χ1v) is 8.37. The third-order valence-electron chi connectivity index (χ3n) is 3.31. The molecule has 0 radical (unpaired) electrons. The Bertz CT molecular complexity index is 867. The molecule has 0 fully saturated rings. The molecule has 3 rings (SSSR count). The number of nitrogens with zero attached hydrogens (tertiary/aromatic N) is 3. The number of rotatable bonds is 6. The summed E-state index contributed by atoms with van der Waals surface area (Å²) in [6.07, 6.45) is 1.58. The van der Waals surface area contributed by atoms with E-state index in [1.165, 1.54) is 23.9 Å². The number of nitrogens with one attached hydrogen (secondary N) is 1. The first-order chi connectivity index (χ1) is 12.2. The first-order valence-electron chi connectivity index (χ1n) is 7.38. The summed E-state index contributed by atoms with van der Waals surface area (Å²) >= 11 is 1.24. The zero-order valence-corrected chi connectivity index (χ0v) is 14.2. The fourth-order valence-electron chi connectivity index (χ4n) is 2.14. The van der Waals surface area contributed by atoms with Crippen molar-refractivity contribution in [2.24, 2.45) is 0 Å². The molecule has 25 heavy (non-hydrogen) atoms. The maximum absolute atomic E-state index is 13.1. The molecule has 1 amide bonds. The molecule has 1 N–H and O–H groups in total. The predicted molar refractivity (Wildman–Crippen MR) is 93.7 cm³/mol. The number of halogens is 1. The Morgan fingerprint density at radius 3 is 2.80 bits per heavy atom. The van der Waals surface area contributed by atoms with Crippen LogP contribution in [-0.2, 0) is 4.79 Å². The van der Waals surface area contributed by atoms with Crippen LogP contribution in [0.2, 0.25) is 0 Å². The van der Waals surface area contributed by atoms with E-state index in [0.29, 0.717) is 10.8 Å². The van der Waals surface area contributed by atoms with Gasteiger partial charge in [-0.15, -0.1) is 10.2 Å². The van der Waals surface area contributed by atoms with Crippen LogP contribution in [-0.4, -0.2) is 33.5 Å². The average Bonchev–Trinajstić information content (AvgIpc) is 3.08. The highest BCUT2D eigenvalue weighted by atomic mass is 32.2. The molecule has 0 bridgehead atoms. The Kier molecular flexibility index (Phi) is 5.30. The van der Waals surface area contributed by atoms with Crippen LogP contribution in [0.3, 0.4) is 0 Å². The zero-order chi connectivity index (χ0) is 17.6. The summed E-state index contributed by atoms with van der Waals surface area (Å²) in [7, 11) is 1.60. The Labute approximate surface area is 148 Å². The molecule has 2 aromatic carbocycles. The number of anilines is 1. The van der Waals surface area contributed by atoms with Gasteiger partial charge >= 0.3 is 0 Å². The van der Waals surface area contributed by atoms with Crippen LogP contribution < -0.4 is 10.1 Å². The second-order valence-corrected chi connectivity index (χ2v) is 5.97. The van der Waals surface area contributed by atoms with Crippen LogP contribution in [0.25, 0.3) is 5.69 Å². The van der Waals surface area contributed by atoms with Crippen LogP contribution in [0.5, 0.6) is 5.75 Å². The van der Waals surface area contributed by atoms with Gasteiger partial charge in [0, 0.05) is 11.4 Å². The van der Waals surface area contributed by atoms with Gasteiger partial charge in [0.25, 0.3) is 0 Å². The largest absolute Gasteiger partial charge is 0.497 e. The quantitative estimate of drug-likeness (QED) is 0.686. The number of thioether (sulfide) groups is 1. The highest BCUT2D eigenvalue weighted by Gasteiger charge is 2.11. The molecular formula is C17H15FN4O2S. The summed E-state index contributed by atoms with van der Waals surface area (Å²) in [4.78, 5) is 12.0. The molecule has 0 unspecified atom stereocenters. The average molecular weight is 358 g/mol. The minimum Gasteiger partial charge on any atom is -0.497 e. The summed E-state index contributed by atoms with van der Waals surface area (Å²) in [6, 6.07) is 13.2. The first kappa shape index (κ1) is 17.0. The molecule has 0 aliphatic carbocycles. The van der Waals surface area contributed by atoms with Gasteiger partial charge in [0.05, 0.1) is 12.9 Å². The maximum Gasteiger partial charge on any atom is 0.234 e. The van der Waals surface area contributed by atoms with E-state index in [-0.39, 0.29) is 11.7 Å². The van der Waals surface area contributed by atoms with E-state index in [1.807, 2.05) is 24.3 Å². The number of carbonyl (C=O) groups is 1. The number of hydrogen-bond donors (Lipinski definition) is 1.